The maximum atomic E-state index is 12.4. The predicted molar refractivity (Wildman–Crippen MR) is 92.8 cm³/mol. The van der Waals surface area contributed by atoms with Crippen molar-refractivity contribution in [2.45, 2.75) is 32.3 Å². The molecule has 1 aliphatic rings. The Kier molecular flexibility index (Phi) is 4.85. The van der Waals surface area contributed by atoms with Crippen LogP contribution in [0.4, 0.5) is 5.00 Å². The molecule has 1 aromatic heterocycles. The molecule has 1 unspecified atom stereocenters. The number of ether oxygens (including phenoxy) is 2. The van der Waals surface area contributed by atoms with Crippen molar-refractivity contribution in [3.05, 3.63) is 46.3 Å². The quantitative estimate of drug-likeness (QED) is 0.843. The fourth-order valence-corrected chi connectivity index (χ4v) is 4.06. The number of nitrogens with one attached hydrogen (secondary N) is 1. The summed E-state index contributed by atoms with van der Waals surface area (Å²) < 4.78 is 10.5. The first-order chi connectivity index (χ1) is 11.6. The standard InChI is InChI=1S/C18H19NO4S/c1-11(23-12-7-4-3-5-8-12)16(20)19-17-15(18(21)22-2)13-9-6-10-14(13)24-17/h3-5,7-8,11H,6,9-10H2,1-2H3,(H,19,20). The van der Waals surface area contributed by atoms with Gasteiger partial charge in [-0.2, -0.15) is 0 Å². The molecule has 2 aromatic rings. The van der Waals surface area contributed by atoms with Gasteiger partial charge in [0.05, 0.1) is 12.7 Å². The Morgan fingerprint density at radius 1 is 1.21 bits per heavy atom. The number of rotatable bonds is 5. The van der Waals surface area contributed by atoms with E-state index in [-0.39, 0.29) is 5.91 Å². The van der Waals surface area contributed by atoms with Gasteiger partial charge in [-0.1, -0.05) is 18.2 Å². The van der Waals surface area contributed by atoms with E-state index in [0.717, 1.165) is 29.7 Å². The molecule has 1 heterocycles. The van der Waals surface area contributed by atoms with Crippen LogP contribution < -0.4 is 10.1 Å². The SMILES string of the molecule is COC(=O)c1c(NC(=O)C(C)Oc2ccccc2)sc2c1CCC2. The van der Waals surface area contributed by atoms with E-state index in [1.807, 2.05) is 18.2 Å². The molecular weight excluding hydrogens is 326 g/mol. The number of hydrogen-bond acceptors (Lipinski definition) is 5. The van der Waals surface area contributed by atoms with Crippen molar-refractivity contribution in [2.24, 2.45) is 0 Å². The van der Waals surface area contributed by atoms with E-state index in [0.29, 0.717) is 16.3 Å². The molecule has 0 radical (unpaired) electrons. The van der Waals surface area contributed by atoms with Crippen LogP contribution in [0.3, 0.4) is 0 Å². The summed E-state index contributed by atoms with van der Waals surface area (Å²) in [7, 11) is 1.36. The number of carbonyl (C=O) groups is 2. The van der Waals surface area contributed by atoms with Crippen LogP contribution in [-0.4, -0.2) is 25.1 Å². The number of esters is 1. The number of carbonyl (C=O) groups excluding carboxylic acids is 2. The Bertz CT molecular complexity index is 754. The van der Waals surface area contributed by atoms with Gasteiger partial charge >= 0.3 is 5.97 Å². The summed E-state index contributed by atoms with van der Waals surface area (Å²) in [5.74, 6) is -0.0627. The van der Waals surface area contributed by atoms with Crippen molar-refractivity contribution >= 4 is 28.2 Å². The summed E-state index contributed by atoms with van der Waals surface area (Å²) in [5.41, 5.74) is 1.51. The second-order valence-corrected chi connectivity index (χ2v) is 6.72. The number of amides is 1. The van der Waals surface area contributed by atoms with Gasteiger partial charge < -0.3 is 14.8 Å². The largest absolute Gasteiger partial charge is 0.481 e. The van der Waals surface area contributed by atoms with Gasteiger partial charge in [0, 0.05) is 4.88 Å². The first-order valence-corrected chi connectivity index (χ1v) is 8.67. The molecule has 24 heavy (non-hydrogen) atoms. The van der Waals surface area contributed by atoms with Crippen LogP contribution in [-0.2, 0) is 22.4 Å². The van der Waals surface area contributed by atoms with Crippen LogP contribution in [0.15, 0.2) is 30.3 Å². The van der Waals surface area contributed by atoms with Crippen molar-refractivity contribution in [3.8, 4) is 5.75 Å². The molecular formula is C18H19NO4S. The number of methoxy groups -OCH3 is 1. The van der Waals surface area contributed by atoms with Gasteiger partial charge in [-0.25, -0.2) is 4.79 Å². The van der Waals surface area contributed by atoms with E-state index in [9.17, 15) is 9.59 Å². The minimum atomic E-state index is -0.671. The maximum Gasteiger partial charge on any atom is 0.341 e. The van der Waals surface area contributed by atoms with Crippen molar-refractivity contribution in [2.75, 3.05) is 12.4 Å². The monoisotopic (exact) mass is 345 g/mol. The van der Waals surface area contributed by atoms with E-state index in [1.54, 1.807) is 19.1 Å². The van der Waals surface area contributed by atoms with Crippen LogP contribution in [0.1, 0.15) is 34.1 Å². The topological polar surface area (TPSA) is 64.6 Å². The van der Waals surface area contributed by atoms with E-state index in [1.165, 1.54) is 18.4 Å². The minimum absolute atomic E-state index is 0.288. The first kappa shape index (κ1) is 16.5. The third-order valence-corrected chi connectivity index (χ3v) is 5.18. The van der Waals surface area contributed by atoms with E-state index < -0.39 is 12.1 Å². The highest BCUT2D eigenvalue weighted by atomic mass is 32.1. The van der Waals surface area contributed by atoms with Crippen LogP contribution in [0.2, 0.25) is 0 Å². The second-order valence-electron chi connectivity index (χ2n) is 5.62. The fraction of sp³-hybridized carbons (Fsp3) is 0.333. The van der Waals surface area contributed by atoms with E-state index >= 15 is 0 Å². The molecule has 0 spiro atoms. The van der Waals surface area contributed by atoms with Crippen LogP contribution >= 0.6 is 11.3 Å². The summed E-state index contributed by atoms with van der Waals surface area (Å²) in [5, 5.41) is 3.38. The summed E-state index contributed by atoms with van der Waals surface area (Å²) in [6, 6.07) is 9.17. The summed E-state index contributed by atoms with van der Waals surface area (Å²) in [4.78, 5) is 25.7. The molecule has 0 saturated heterocycles. The third kappa shape index (κ3) is 3.28. The zero-order valence-electron chi connectivity index (χ0n) is 13.6. The molecule has 1 amide bonds. The Morgan fingerprint density at radius 3 is 2.67 bits per heavy atom. The maximum absolute atomic E-state index is 12.4. The zero-order chi connectivity index (χ0) is 17.1. The highest BCUT2D eigenvalue weighted by Gasteiger charge is 2.29. The smallest absolute Gasteiger partial charge is 0.341 e. The lowest BCUT2D eigenvalue weighted by molar-refractivity contribution is -0.122. The van der Waals surface area contributed by atoms with Crippen LogP contribution in [0.5, 0.6) is 5.75 Å². The molecule has 3 rings (SSSR count). The van der Waals surface area contributed by atoms with Crippen molar-refractivity contribution in [1.29, 1.82) is 0 Å². The van der Waals surface area contributed by atoms with Gasteiger partial charge in [0.2, 0.25) is 0 Å². The summed E-state index contributed by atoms with van der Waals surface area (Å²) in [6.07, 6.45) is 2.15. The fourth-order valence-electron chi connectivity index (χ4n) is 2.78. The highest BCUT2D eigenvalue weighted by Crippen LogP contribution is 2.39. The second kappa shape index (κ2) is 7.05. The molecule has 0 saturated carbocycles. The van der Waals surface area contributed by atoms with Crippen LogP contribution in [0.25, 0.3) is 0 Å². The Hall–Kier alpha value is -2.34. The molecule has 0 aliphatic heterocycles. The highest BCUT2D eigenvalue weighted by molar-refractivity contribution is 7.17. The molecule has 1 N–H and O–H groups in total. The van der Waals surface area contributed by atoms with E-state index in [2.05, 4.69) is 5.32 Å². The summed E-state index contributed by atoms with van der Waals surface area (Å²) >= 11 is 1.46. The van der Waals surface area contributed by atoms with Gasteiger partial charge in [-0.05, 0) is 43.9 Å². The molecule has 1 aliphatic carbocycles. The van der Waals surface area contributed by atoms with Gasteiger partial charge in [0.15, 0.2) is 6.10 Å². The van der Waals surface area contributed by atoms with Crippen molar-refractivity contribution < 1.29 is 19.1 Å². The van der Waals surface area contributed by atoms with Gasteiger partial charge in [0.25, 0.3) is 5.91 Å². The van der Waals surface area contributed by atoms with Gasteiger partial charge in [0.1, 0.15) is 10.8 Å². The molecule has 5 nitrogen and oxygen atoms in total. The molecule has 0 fully saturated rings. The number of para-hydroxylation sites is 1. The average molecular weight is 345 g/mol. The number of hydrogen-bond donors (Lipinski definition) is 1. The molecule has 6 heteroatoms. The lowest BCUT2D eigenvalue weighted by Gasteiger charge is -2.14. The number of thiophene rings is 1. The number of anilines is 1. The Balaban J connectivity index is 1.76. The first-order valence-electron chi connectivity index (χ1n) is 7.85. The minimum Gasteiger partial charge on any atom is -0.481 e. The van der Waals surface area contributed by atoms with Gasteiger partial charge in [-0.15, -0.1) is 11.3 Å². The lowest BCUT2D eigenvalue weighted by atomic mass is 10.1. The Morgan fingerprint density at radius 2 is 1.96 bits per heavy atom. The third-order valence-electron chi connectivity index (χ3n) is 3.97. The van der Waals surface area contributed by atoms with Crippen LogP contribution in [0, 0.1) is 0 Å². The Labute approximate surface area is 144 Å². The predicted octanol–water partition coefficient (Wildman–Crippen LogP) is 3.43. The molecule has 126 valence electrons. The number of benzene rings is 1. The zero-order valence-corrected chi connectivity index (χ0v) is 14.4. The molecule has 1 aromatic carbocycles. The lowest BCUT2D eigenvalue weighted by Crippen LogP contribution is -2.30. The summed E-state index contributed by atoms with van der Waals surface area (Å²) in [6.45, 7) is 1.68. The average Bonchev–Trinajstić information content (AvgIpc) is 3.15. The van der Waals surface area contributed by atoms with Crippen molar-refractivity contribution in [1.82, 2.24) is 0 Å². The van der Waals surface area contributed by atoms with Crippen molar-refractivity contribution in [3.63, 3.8) is 0 Å². The molecule has 0 bridgehead atoms. The van der Waals surface area contributed by atoms with Gasteiger partial charge in [-0.3, -0.25) is 4.79 Å². The van der Waals surface area contributed by atoms with E-state index in [4.69, 9.17) is 9.47 Å². The molecule has 1 atom stereocenters. The number of aryl methyl sites for hydroxylation is 1. The normalized spacial score (nSPS) is 13.9. The number of fused-ring (bicyclic) bond motifs is 1.